The molecule has 1 fully saturated rings. The fraction of sp³-hybridized carbons (Fsp3) is 0.812. The Morgan fingerprint density at radius 3 is 2.42 bits per heavy atom. The van der Waals surface area contributed by atoms with Crippen LogP contribution in [0.25, 0.3) is 0 Å². The summed E-state index contributed by atoms with van der Waals surface area (Å²) in [5.41, 5.74) is 3.48. The van der Waals surface area contributed by atoms with E-state index in [1.54, 1.807) is 0 Å². The maximum absolute atomic E-state index is 10.3. The van der Waals surface area contributed by atoms with Gasteiger partial charge in [-0.05, 0) is 38.0 Å². The van der Waals surface area contributed by atoms with Gasteiger partial charge in [-0.15, -0.1) is 0 Å². The second-order valence-electron chi connectivity index (χ2n) is 5.77. The van der Waals surface area contributed by atoms with Crippen molar-refractivity contribution in [2.24, 2.45) is 5.92 Å². The Balaban J connectivity index is 2.29. The van der Waals surface area contributed by atoms with Gasteiger partial charge in [0.2, 0.25) is 0 Å². The number of aromatic nitrogens is 2. The molecule has 0 radical (unpaired) electrons. The van der Waals surface area contributed by atoms with Gasteiger partial charge in [-0.3, -0.25) is 4.68 Å². The molecule has 0 spiro atoms. The molecule has 0 bridgehead atoms. The van der Waals surface area contributed by atoms with Crippen molar-refractivity contribution in [3.8, 4) is 0 Å². The van der Waals surface area contributed by atoms with Crippen LogP contribution in [0.5, 0.6) is 0 Å². The van der Waals surface area contributed by atoms with Crippen LogP contribution in [0.1, 0.15) is 75.9 Å². The summed E-state index contributed by atoms with van der Waals surface area (Å²) in [6.07, 6.45) is 7.74. The minimum Gasteiger partial charge on any atom is -0.388 e. The number of aryl methyl sites for hydroxylation is 1. The first-order valence-corrected chi connectivity index (χ1v) is 7.97. The Morgan fingerprint density at radius 2 is 1.89 bits per heavy atom. The van der Waals surface area contributed by atoms with Crippen LogP contribution in [0.2, 0.25) is 0 Å². The van der Waals surface area contributed by atoms with Crippen LogP contribution in [0.15, 0.2) is 0 Å². The largest absolute Gasteiger partial charge is 0.388 e. The Kier molecular flexibility index (Phi) is 5.03. The van der Waals surface area contributed by atoms with Gasteiger partial charge in [0.05, 0.1) is 11.8 Å². The molecule has 1 unspecified atom stereocenters. The van der Waals surface area contributed by atoms with E-state index in [1.165, 1.54) is 31.4 Å². The number of hydrogen-bond donors (Lipinski definition) is 1. The number of hydrogen-bond acceptors (Lipinski definition) is 2. The SMILES string of the molecule is CCc1nn(CC2CCCC2)c(CC)c1C(O)CC. The molecule has 3 heteroatoms. The van der Waals surface area contributed by atoms with Crippen molar-refractivity contribution in [1.82, 2.24) is 9.78 Å². The van der Waals surface area contributed by atoms with Gasteiger partial charge in [0.25, 0.3) is 0 Å². The first-order valence-electron chi connectivity index (χ1n) is 7.97. The summed E-state index contributed by atoms with van der Waals surface area (Å²) in [4.78, 5) is 0. The summed E-state index contributed by atoms with van der Waals surface area (Å²) in [7, 11) is 0. The zero-order valence-electron chi connectivity index (χ0n) is 12.7. The van der Waals surface area contributed by atoms with Gasteiger partial charge in [0.15, 0.2) is 0 Å². The van der Waals surface area contributed by atoms with E-state index in [9.17, 15) is 5.11 Å². The molecule has 3 nitrogen and oxygen atoms in total. The lowest BCUT2D eigenvalue weighted by Crippen LogP contribution is -2.12. The first-order chi connectivity index (χ1) is 9.21. The van der Waals surface area contributed by atoms with Gasteiger partial charge in [-0.1, -0.05) is 33.6 Å². The maximum Gasteiger partial charge on any atom is 0.0823 e. The number of rotatable bonds is 6. The Hall–Kier alpha value is -0.830. The van der Waals surface area contributed by atoms with Crippen molar-refractivity contribution in [2.45, 2.75) is 78.4 Å². The summed E-state index contributed by atoms with van der Waals surface area (Å²) in [5, 5.41) is 15.1. The van der Waals surface area contributed by atoms with Crippen molar-refractivity contribution >= 4 is 0 Å². The zero-order valence-corrected chi connectivity index (χ0v) is 12.7. The minimum absolute atomic E-state index is 0.345. The van der Waals surface area contributed by atoms with Crippen LogP contribution in [0.4, 0.5) is 0 Å². The smallest absolute Gasteiger partial charge is 0.0823 e. The third-order valence-electron chi connectivity index (χ3n) is 4.47. The number of aliphatic hydroxyl groups is 1. The Morgan fingerprint density at radius 1 is 1.21 bits per heavy atom. The predicted octanol–water partition coefficient (Wildman–Crippen LogP) is 3.64. The van der Waals surface area contributed by atoms with E-state index in [-0.39, 0.29) is 6.10 Å². The van der Waals surface area contributed by atoms with Gasteiger partial charge in [0, 0.05) is 17.8 Å². The normalized spacial score (nSPS) is 18.1. The van der Waals surface area contributed by atoms with Gasteiger partial charge >= 0.3 is 0 Å². The van der Waals surface area contributed by atoms with Gasteiger partial charge in [0.1, 0.15) is 0 Å². The molecule has 1 aromatic rings. The molecule has 0 saturated heterocycles. The molecule has 1 atom stereocenters. The van der Waals surface area contributed by atoms with Gasteiger partial charge < -0.3 is 5.11 Å². The summed E-state index contributed by atoms with van der Waals surface area (Å²) in [6, 6.07) is 0. The van der Waals surface area contributed by atoms with Crippen LogP contribution in [-0.4, -0.2) is 14.9 Å². The lowest BCUT2D eigenvalue weighted by atomic mass is 10.0. The van der Waals surface area contributed by atoms with E-state index < -0.39 is 0 Å². The highest BCUT2D eigenvalue weighted by atomic mass is 16.3. The number of aliphatic hydroxyl groups excluding tert-OH is 1. The van der Waals surface area contributed by atoms with Gasteiger partial charge in [-0.25, -0.2) is 0 Å². The van der Waals surface area contributed by atoms with Crippen molar-refractivity contribution in [3.63, 3.8) is 0 Å². The van der Waals surface area contributed by atoms with E-state index in [4.69, 9.17) is 5.10 Å². The monoisotopic (exact) mass is 264 g/mol. The molecule has 2 rings (SSSR count). The topological polar surface area (TPSA) is 38.0 Å². The van der Waals surface area contributed by atoms with Crippen LogP contribution in [0.3, 0.4) is 0 Å². The highest BCUT2D eigenvalue weighted by molar-refractivity contribution is 5.29. The number of nitrogens with zero attached hydrogens (tertiary/aromatic N) is 2. The quantitative estimate of drug-likeness (QED) is 0.852. The molecular formula is C16H28N2O. The average Bonchev–Trinajstić information content (AvgIpc) is 3.05. The Labute approximate surface area is 117 Å². The fourth-order valence-electron chi connectivity index (χ4n) is 3.38. The van der Waals surface area contributed by atoms with Crippen LogP contribution < -0.4 is 0 Å². The first kappa shape index (κ1) is 14.6. The van der Waals surface area contributed by atoms with Crippen LogP contribution in [0, 0.1) is 5.92 Å². The summed E-state index contributed by atoms with van der Waals surface area (Å²) >= 11 is 0. The lowest BCUT2D eigenvalue weighted by molar-refractivity contribution is 0.171. The molecule has 108 valence electrons. The van der Waals surface area contributed by atoms with Crippen molar-refractivity contribution in [2.75, 3.05) is 0 Å². The average molecular weight is 264 g/mol. The van der Waals surface area contributed by atoms with E-state index in [2.05, 4.69) is 18.5 Å². The van der Waals surface area contributed by atoms with Crippen molar-refractivity contribution in [1.29, 1.82) is 0 Å². The van der Waals surface area contributed by atoms with Crippen molar-refractivity contribution in [3.05, 3.63) is 17.0 Å². The molecule has 0 aromatic carbocycles. The second-order valence-corrected chi connectivity index (χ2v) is 5.77. The predicted molar refractivity (Wildman–Crippen MR) is 78.2 cm³/mol. The van der Waals surface area contributed by atoms with E-state index >= 15 is 0 Å². The molecule has 0 aliphatic heterocycles. The molecule has 1 heterocycles. The molecule has 1 aliphatic carbocycles. The second kappa shape index (κ2) is 6.56. The fourth-order valence-corrected chi connectivity index (χ4v) is 3.38. The van der Waals surface area contributed by atoms with E-state index in [0.717, 1.165) is 43.0 Å². The zero-order chi connectivity index (χ0) is 13.8. The lowest BCUT2D eigenvalue weighted by Gasteiger charge is -2.14. The molecule has 0 amide bonds. The van der Waals surface area contributed by atoms with Crippen LogP contribution >= 0.6 is 0 Å². The third-order valence-corrected chi connectivity index (χ3v) is 4.47. The third kappa shape index (κ3) is 3.02. The molecule has 19 heavy (non-hydrogen) atoms. The summed E-state index contributed by atoms with van der Waals surface area (Å²) in [6.45, 7) is 7.39. The molecule has 1 N–H and O–H groups in total. The summed E-state index contributed by atoms with van der Waals surface area (Å²) < 4.78 is 2.20. The van der Waals surface area contributed by atoms with E-state index in [1.807, 2.05) is 6.92 Å². The molecular weight excluding hydrogens is 236 g/mol. The highest BCUT2D eigenvalue weighted by Crippen LogP contribution is 2.30. The van der Waals surface area contributed by atoms with Gasteiger partial charge in [-0.2, -0.15) is 5.10 Å². The van der Waals surface area contributed by atoms with Crippen LogP contribution in [-0.2, 0) is 19.4 Å². The van der Waals surface area contributed by atoms with E-state index in [0.29, 0.717) is 0 Å². The summed E-state index contributed by atoms with van der Waals surface area (Å²) in [5.74, 6) is 0.793. The molecule has 1 saturated carbocycles. The molecule has 1 aliphatic rings. The standard InChI is InChI=1S/C16H28N2O/c1-4-13-16(15(19)6-3)14(5-2)18(17-13)11-12-9-7-8-10-12/h12,15,19H,4-11H2,1-3H3. The maximum atomic E-state index is 10.3. The van der Waals surface area contributed by atoms with Crippen molar-refractivity contribution < 1.29 is 5.11 Å². The highest BCUT2D eigenvalue weighted by Gasteiger charge is 2.23. The minimum atomic E-state index is -0.345. The Bertz CT molecular complexity index is 405. The molecule has 1 aromatic heterocycles.